The number of rotatable bonds is 3. The van der Waals surface area contributed by atoms with E-state index in [1.807, 2.05) is 18.2 Å². The second-order valence-corrected chi connectivity index (χ2v) is 7.38. The Kier molecular flexibility index (Phi) is 6.90. The van der Waals surface area contributed by atoms with Crippen LogP contribution >= 0.6 is 0 Å². The molecule has 0 fully saturated rings. The van der Waals surface area contributed by atoms with Crippen LogP contribution in [-0.2, 0) is 12.8 Å². The van der Waals surface area contributed by atoms with E-state index in [4.69, 9.17) is 5.73 Å². The third-order valence-electron chi connectivity index (χ3n) is 5.54. The molecular weight excluding hydrogens is 316 g/mol. The lowest BCUT2D eigenvalue weighted by atomic mass is 9.81. The van der Waals surface area contributed by atoms with Gasteiger partial charge in [0.1, 0.15) is 0 Å². The van der Waals surface area contributed by atoms with Gasteiger partial charge in [-0.1, -0.05) is 60.5 Å². The summed E-state index contributed by atoms with van der Waals surface area (Å²) in [5.74, 6) is 0. The maximum atomic E-state index is 5.74. The van der Waals surface area contributed by atoms with Crippen molar-refractivity contribution in [1.82, 2.24) is 5.32 Å². The van der Waals surface area contributed by atoms with Crippen molar-refractivity contribution >= 4 is 5.69 Å². The van der Waals surface area contributed by atoms with E-state index >= 15 is 0 Å². The van der Waals surface area contributed by atoms with Gasteiger partial charge in [-0.15, -0.1) is 0 Å². The van der Waals surface area contributed by atoms with Crippen molar-refractivity contribution in [3.8, 4) is 0 Å². The number of nitrogen functional groups attached to an aromatic ring is 1. The van der Waals surface area contributed by atoms with Crippen LogP contribution in [0, 0.1) is 0 Å². The monoisotopic (exact) mass is 348 g/mol. The normalized spacial score (nSPS) is 19.3. The summed E-state index contributed by atoms with van der Waals surface area (Å²) in [7, 11) is 0. The fourth-order valence-electron chi connectivity index (χ4n) is 4.02. The molecule has 2 aliphatic rings. The standard InChI is InChI=1S/C16H22N2.C8H10/c17-14-7-5-12(6-8-14)11-16-15-4-2-1-3-13(15)9-10-18-16;1-2-8-6-4-3-5-7-8/h5-8,16,18H,1-4,9-11,17H2;3-7H,2H2,1H3. The van der Waals surface area contributed by atoms with E-state index < -0.39 is 0 Å². The minimum absolute atomic E-state index is 0.567. The molecule has 0 aromatic heterocycles. The first-order valence-corrected chi connectivity index (χ1v) is 10.1. The molecule has 1 atom stereocenters. The summed E-state index contributed by atoms with van der Waals surface area (Å²) in [5, 5.41) is 3.69. The van der Waals surface area contributed by atoms with Gasteiger partial charge >= 0.3 is 0 Å². The van der Waals surface area contributed by atoms with Gasteiger partial charge in [0.25, 0.3) is 0 Å². The second-order valence-electron chi connectivity index (χ2n) is 7.38. The zero-order valence-electron chi connectivity index (χ0n) is 16.0. The van der Waals surface area contributed by atoms with Crippen molar-refractivity contribution in [2.75, 3.05) is 12.3 Å². The smallest absolute Gasteiger partial charge is 0.0322 e. The third kappa shape index (κ3) is 5.22. The van der Waals surface area contributed by atoms with Gasteiger partial charge in [0, 0.05) is 11.7 Å². The second kappa shape index (κ2) is 9.59. The molecule has 0 bridgehead atoms. The Morgan fingerprint density at radius 3 is 2.31 bits per heavy atom. The van der Waals surface area contributed by atoms with Gasteiger partial charge in [-0.3, -0.25) is 0 Å². The van der Waals surface area contributed by atoms with E-state index in [-0.39, 0.29) is 0 Å². The summed E-state index contributed by atoms with van der Waals surface area (Å²) in [5.41, 5.74) is 12.9. The van der Waals surface area contributed by atoms with Crippen LogP contribution in [0.2, 0.25) is 0 Å². The average Bonchev–Trinajstić information content (AvgIpc) is 2.71. The Hall–Kier alpha value is -2.06. The molecule has 2 aromatic carbocycles. The minimum Gasteiger partial charge on any atom is -0.399 e. The number of nitrogens with two attached hydrogens (primary N) is 1. The van der Waals surface area contributed by atoms with Crippen LogP contribution in [0.1, 0.15) is 50.2 Å². The maximum Gasteiger partial charge on any atom is 0.0322 e. The summed E-state index contributed by atoms with van der Waals surface area (Å²) in [6.07, 6.45) is 8.94. The number of anilines is 1. The quantitative estimate of drug-likeness (QED) is 0.584. The number of benzene rings is 2. The molecule has 1 heterocycles. The summed E-state index contributed by atoms with van der Waals surface area (Å²) in [6, 6.07) is 19.4. The number of aryl methyl sites for hydroxylation is 1. The summed E-state index contributed by atoms with van der Waals surface area (Å²) < 4.78 is 0. The number of hydrogen-bond acceptors (Lipinski definition) is 2. The number of hydrogen-bond donors (Lipinski definition) is 2. The Bertz CT molecular complexity index is 697. The van der Waals surface area contributed by atoms with Crippen molar-refractivity contribution in [3.63, 3.8) is 0 Å². The van der Waals surface area contributed by atoms with Gasteiger partial charge < -0.3 is 11.1 Å². The third-order valence-corrected chi connectivity index (χ3v) is 5.54. The lowest BCUT2D eigenvalue weighted by Crippen LogP contribution is -2.39. The van der Waals surface area contributed by atoms with Crippen LogP contribution in [-0.4, -0.2) is 12.6 Å². The fourth-order valence-corrected chi connectivity index (χ4v) is 4.02. The Morgan fingerprint density at radius 2 is 1.62 bits per heavy atom. The average molecular weight is 349 g/mol. The van der Waals surface area contributed by atoms with E-state index in [0.29, 0.717) is 6.04 Å². The van der Waals surface area contributed by atoms with Gasteiger partial charge in [-0.05, 0) is 74.8 Å². The van der Waals surface area contributed by atoms with Crippen LogP contribution in [0.4, 0.5) is 5.69 Å². The Balaban J connectivity index is 0.000000206. The number of nitrogens with one attached hydrogen (secondary N) is 1. The molecule has 4 rings (SSSR count). The summed E-state index contributed by atoms with van der Waals surface area (Å²) in [4.78, 5) is 0. The van der Waals surface area contributed by atoms with Gasteiger partial charge in [0.2, 0.25) is 0 Å². The van der Waals surface area contributed by atoms with Crippen molar-refractivity contribution in [2.24, 2.45) is 0 Å². The molecule has 138 valence electrons. The molecule has 2 aromatic rings. The lowest BCUT2D eigenvalue weighted by Gasteiger charge is -2.33. The van der Waals surface area contributed by atoms with Gasteiger partial charge in [-0.25, -0.2) is 0 Å². The molecule has 0 radical (unpaired) electrons. The van der Waals surface area contributed by atoms with Crippen LogP contribution in [0.3, 0.4) is 0 Å². The van der Waals surface area contributed by atoms with Gasteiger partial charge in [-0.2, -0.15) is 0 Å². The molecular formula is C24H32N2. The van der Waals surface area contributed by atoms with Crippen molar-refractivity contribution in [1.29, 1.82) is 0 Å². The van der Waals surface area contributed by atoms with Crippen LogP contribution in [0.15, 0.2) is 65.7 Å². The zero-order chi connectivity index (χ0) is 18.2. The lowest BCUT2D eigenvalue weighted by molar-refractivity contribution is 0.474. The van der Waals surface area contributed by atoms with E-state index in [2.05, 4.69) is 48.6 Å². The molecule has 3 N–H and O–H groups in total. The molecule has 0 amide bonds. The van der Waals surface area contributed by atoms with E-state index in [1.54, 1.807) is 11.1 Å². The first-order valence-electron chi connectivity index (χ1n) is 10.1. The van der Waals surface area contributed by atoms with Crippen molar-refractivity contribution < 1.29 is 0 Å². The van der Waals surface area contributed by atoms with Crippen LogP contribution in [0.5, 0.6) is 0 Å². The molecule has 2 nitrogen and oxygen atoms in total. The predicted octanol–water partition coefficient (Wildman–Crippen LogP) is 5.29. The molecule has 2 heteroatoms. The Morgan fingerprint density at radius 1 is 0.885 bits per heavy atom. The van der Waals surface area contributed by atoms with E-state index in [0.717, 1.165) is 25.1 Å². The van der Waals surface area contributed by atoms with E-state index in [1.165, 1.54) is 43.2 Å². The minimum atomic E-state index is 0.567. The molecule has 0 spiro atoms. The van der Waals surface area contributed by atoms with Crippen molar-refractivity contribution in [3.05, 3.63) is 76.9 Å². The fraction of sp³-hybridized carbons (Fsp3) is 0.417. The van der Waals surface area contributed by atoms with Crippen molar-refractivity contribution in [2.45, 2.75) is 57.9 Å². The topological polar surface area (TPSA) is 38.0 Å². The maximum absolute atomic E-state index is 5.74. The molecule has 0 saturated heterocycles. The molecule has 0 saturated carbocycles. The van der Waals surface area contributed by atoms with Crippen LogP contribution in [0.25, 0.3) is 0 Å². The largest absolute Gasteiger partial charge is 0.399 e. The first-order chi connectivity index (χ1) is 12.8. The van der Waals surface area contributed by atoms with Crippen LogP contribution < -0.4 is 11.1 Å². The molecule has 26 heavy (non-hydrogen) atoms. The molecule has 1 aliphatic heterocycles. The predicted molar refractivity (Wildman–Crippen MR) is 112 cm³/mol. The zero-order valence-corrected chi connectivity index (χ0v) is 16.0. The van der Waals surface area contributed by atoms with Gasteiger partial charge in [0.15, 0.2) is 0 Å². The summed E-state index contributed by atoms with van der Waals surface area (Å²) >= 11 is 0. The highest BCUT2D eigenvalue weighted by atomic mass is 14.9. The SMILES string of the molecule is CCc1ccccc1.Nc1ccc(CC2NCCC3=C2CCCC3)cc1. The summed E-state index contributed by atoms with van der Waals surface area (Å²) in [6.45, 7) is 3.31. The van der Waals surface area contributed by atoms with E-state index in [9.17, 15) is 0 Å². The van der Waals surface area contributed by atoms with Gasteiger partial charge in [0.05, 0.1) is 0 Å². The highest BCUT2D eigenvalue weighted by Crippen LogP contribution is 2.32. The molecule has 1 unspecified atom stereocenters. The molecule has 1 aliphatic carbocycles. The highest BCUT2D eigenvalue weighted by Gasteiger charge is 2.24. The highest BCUT2D eigenvalue weighted by molar-refractivity contribution is 5.40. The Labute approximate surface area is 158 Å². The first kappa shape index (κ1) is 18.7.